The van der Waals surface area contributed by atoms with Gasteiger partial charge < -0.3 is 4.90 Å². The number of fused-ring (bicyclic) bond motifs is 2. The van der Waals surface area contributed by atoms with Gasteiger partial charge in [-0.25, -0.2) is 4.98 Å². The average Bonchev–Trinajstić information content (AvgIpc) is 3.04. The summed E-state index contributed by atoms with van der Waals surface area (Å²) in [6.45, 7) is 1.83. The first-order valence-corrected chi connectivity index (χ1v) is 7.86. The predicted octanol–water partition coefficient (Wildman–Crippen LogP) is 3.18. The normalized spacial score (nSPS) is 19.0. The number of nitrogens with zero attached hydrogens (tertiary/aromatic N) is 4. The van der Waals surface area contributed by atoms with Gasteiger partial charge >= 0.3 is 0 Å². The molecular formula is C18H18N4. The molecule has 0 amide bonds. The summed E-state index contributed by atoms with van der Waals surface area (Å²) in [6, 6.07) is 10.9. The number of nitriles is 1. The van der Waals surface area contributed by atoms with E-state index >= 15 is 0 Å². The molecule has 1 saturated carbocycles. The lowest BCUT2D eigenvalue weighted by atomic mass is 9.74. The molecule has 110 valence electrons. The van der Waals surface area contributed by atoms with Gasteiger partial charge in [-0.1, -0.05) is 37.1 Å². The van der Waals surface area contributed by atoms with Crippen molar-refractivity contribution in [1.29, 1.82) is 5.26 Å². The highest BCUT2D eigenvalue weighted by atomic mass is 15.2. The van der Waals surface area contributed by atoms with Crippen LogP contribution in [0.3, 0.4) is 0 Å². The lowest BCUT2D eigenvalue weighted by Gasteiger charge is -2.42. The van der Waals surface area contributed by atoms with Crippen LogP contribution in [0.2, 0.25) is 0 Å². The molecule has 2 heterocycles. The van der Waals surface area contributed by atoms with E-state index in [0.717, 1.165) is 18.9 Å². The Hall–Kier alpha value is -2.41. The lowest BCUT2D eigenvalue weighted by molar-refractivity contribution is 0.407. The molecule has 1 aliphatic heterocycles. The largest absolute Gasteiger partial charge is 0.350 e. The van der Waals surface area contributed by atoms with E-state index in [0.29, 0.717) is 5.69 Å². The van der Waals surface area contributed by atoms with E-state index in [-0.39, 0.29) is 5.41 Å². The van der Waals surface area contributed by atoms with E-state index in [4.69, 9.17) is 5.26 Å². The van der Waals surface area contributed by atoms with Crippen LogP contribution in [0.5, 0.6) is 0 Å². The summed E-state index contributed by atoms with van der Waals surface area (Å²) in [5, 5.41) is 9.05. The van der Waals surface area contributed by atoms with Gasteiger partial charge in [-0.2, -0.15) is 5.26 Å². The van der Waals surface area contributed by atoms with Gasteiger partial charge in [0.2, 0.25) is 0 Å². The zero-order valence-electron chi connectivity index (χ0n) is 12.5. The van der Waals surface area contributed by atoms with Crippen LogP contribution >= 0.6 is 0 Å². The van der Waals surface area contributed by atoms with Crippen LogP contribution in [0.15, 0.2) is 36.7 Å². The molecule has 1 aliphatic carbocycles. The number of hydrogen-bond donors (Lipinski definition) is 0. The van der Waals surface area contributed by atoms with Gasteiger partial charge in [0.1, 0.15) is 11.9 Å². The Morgan fingerprint density at radius 2 is 1.95 bits per heavy atom. The fourth-order valence-corrected chi connectivity index (χ4v) is 4.09. The molecule has 1 aromatic heterocycles. The van der Waals surface area contributed by atoms with Gasteiger partial charge in [0.15, 0.2) is 5.69 Å². The summed E-state index contributed by atoms with van der Waals surface area (Å²) in [7, 11) is 0. The molecule has 0 bridgehead atoms. The third-order valence-corrected chi connectivity index (χ3v) is 5.06. The first-order valence-electron chi connectivity index (χ1n) is 7.86. The van der Waals surface area contributed by atoms with Gasteiger partial charge in [-0.05, 0) is 24.0 Å². The standard InChI is InChI=1S/C18H18N4/c19-9-15-10-20-11-17(21-15)22-12-14-5-1-2-6-16(14)18(13-22)7-3-4-8-18/h1-2,5-6,10-11H,3-4,7-8,12-13H2. The van der Waals surface area contributed by atoms with E-state index in [9.17, 15) is 0 Å². The van der Waals surface area contributed by atoms with Crippen LogP contribution in [-0.2, 0) is 12.0 Å². The van der Waals surface area contributed by atoms with Crippen molar-refractivity contribution in [2.75, 3.05) is 11.4 Å². The van der Waals surface area contributed by atoms with Crippen LogP contribution in [0.25, 0.3) is 0 Å². The van der Waals surface area contributed by atoms with E-state index in [1.165, 1.54) is 43.0 Å². The summed E-state index contributed by atoms with van der Waals surface area (Å²) in [6.07, 6.45) is 8.38. The summed E-state index contributed by atoms with van der Waals surface area (Å²) in [5.41, 5.74) is 3.55. The first kappa shape index (κ1) is 13.3. The number of rotatable bonds is 1. The van der Waals surface area contributed by atoms with Crippen molar-refractivity contribution in [2.45, 2.75) is 37.6 Å². The highest BCUT2D eigenvalue weighted by Crippen LogP contribution is 2.46. The smallest absolute Gasteiger partial charge is 0.161 e. The van der Waals surface area contributed by atoms with Crippen LogP contribution in [0, 0.1) is 11.3 Å². The van der Waals surface area contributed by atoms with Crippen LogP contribution in [0.1, 0.15) is 42.5 Å². The quantitative estimate of drug-likeness (QED) is 0.809. The molecule has 4 nitrogen and oxygen atoms in total. The van der Waals surface area contributed by atoms with Crippen molar-refractivity contribution in [2.24, 2.45) is 0 Å². The minimum Gasteiger partial charge on any atom is -0.350 e. The molecule has 0 saturated heterocycles. The van der Waals surface area contributed by atoms with Crippen molar-refractivity contribution in [3.63, 3.8) is 0 Å². The molecule has 0 radical (unpaired) electrons. The zero-order chi connectivity index (χ0) is 15.0. The minimum absolute atomic E-state index is 0.249. The van der Waals surface area contributed by atoms with Gasteiger partial charge in [0, 0.05) is 18.5 Å². The van der Waals surface area contributed by atoms with E-state index in [1.54, 1.807) is 6.20 Å². The van der Waals surface area contributed by atoms with Gasteiger partial charge in [0.05, 0.1) is 12.4 Å². The van der Waals surface area contributed by atoms with Crippen molar-refractivity contribution in [3.05, 3.63) is 53.5 Å². The number of benzene rings is 1. The minimum atomic E-state index is 0.249. The Balaban J connectivity index is 1.77. The Morgan fingerprint density at radius 1 is 1.14 bits per heavy atom. The maximum atomic E-state index is 9.05. The Labute approximate surface area is 130 Å². The van der Waals surface area contributed by atoms with Gasteiger partial charge in [-0.15, -0.1) is 0 Å². The molecule has 0 atom stereocenters. The summed E-state index contributed by atoms with van der Waals surface area (Å²) in [4.78, 5) is 10.9. The molecule has 1 aromatic carbocycles. The van der Waals surface area contributed by atoms with E-state index in [2.05, 4.69) is 45.2 Å². The second-order valence-electron chi connectivity index (χ2n) is 6.37. The second-order valence-corrected chi connectivity index (χ2v) is 6.37. The van der Waals surface area contributed by atoms with E-state index in [1.807, 2.05) is 0 Å². The number of aromatic nitrogens is 2. The molecule has 0 unspecified atom stereocenters. The highest BCUT2D eigenvalue weighted by molar-refractivity contribution is 5.48. The Bertz CT molecular complexity index is 741. The Morgan fingerprint density at radius 3 is 2.77 bits per heavy atom. The zero-order valence-corrected chi connectivity index (χ0v) is 12.5. The fourth-order valence-electron chi connectivity index (χ4n) is 4.09. The average molecular weight is 290 g/mol. The summed E-state index contributed by atoms with van der Waals surface area (Å²) >= 11 is 0. The molecule has 0 N–H and O–H groups in total. The van der Waals surface area contributed by atoms with Crippen molar-refractivity contribution < 1.29 is 0 Å². The number of hydrogen-bond acceptors (Lipinski definition) is 4. The van der Waals surface area contributed by atoms with Crippen LogP contribution in [-0.4, -0.2) is 16.5 Å². The summed E-state index contributed by atoms with van der Waals surface area (Å²) in [5.74, 6) is 0.819. The SMILES string of the molecule is N#Cc1cncc(N2Cc3ccccc3C3(CCCC3)C2)n1. The molecule has 2 aliphatic rings. The predicted molar refractivity (Wildman–Crippen MR) is 84.4 cm³/mol. The molecular weight excluding hydrogens is 272 g/mol. The monoisotopic (exact) mass is 290 g/mol. The van der Waals surface area contributed by atoms with Crippen molar-refractivity contribution >= 4 is 5.82 Å². The first-order chi connectivity index (χ1) is 10.8. The molecule has 22 heavy (non-hydrogen) atoms. The summed E-state index contributed by atoms with van der Waals surface area (Å²) < 4.78 is 0. The van der Waals surface area contributed by atoms with Crippen LogP contribution in [0.4, 0.5) is 5.82 Å². The number of anilines is 1. The maximum absolute atomic E-state index is 9.05. The van der Waals surface area contributed by atoms with Crippen molar-refractivity contribution in [1.82, 2.24) is 9.97 Å². The molecule has 1 spiro atoms. The highest BCUT2D eigenvalue weighted by Gasteiger charge is 2.41. The lowest BCUT2D eigenvalue weighted by Crippen LogP contribution is -2.44. The van der Waals surface area contributed by atoms with E-state index < -0.39 is 0 Å². The second kappa shape index (κ2) is 5.10. The third kappa shape index (κ3) is 2.05. The maximum Gasteiger partial charge on any atom is 0.161 e. The molecule has 4 rings (SSSR count). The third-order valence-electron chi connectivity index (χ3n) is 5.06. The Kier molecular flexibility index (Phi) is 3.07. The van der Waals surface area contributed by atoms with Gasteiger partial charge in [0.25, 0.3) is 0 Å². The van der Waals surface area contributed by atoms with Crippen LogP contribution < -0.4 is 4.90 Å². The molecule has 1 fully saturated rings. The van der Waals surface area contributed by atoms with Crippen molar-refractivity contribution in [3.8, 4) is 6.07 Å². The fraction of sp³-hybridized carbons (Fsp3) is 0.389. The molecule has 4 heteroatoms. The topological polar surface area (TPSA) is 52.8 Å². The molecule has 2 aromatic rings. The van der Waals surface area contributed by atoms with Gasteiger partial charge in [-0.3, -0.25) is 4.98 Å².